The third kappa shape index (κ3) is 10.1. The summed E-state index contributed by atoms with van der Waals surface area (Å²) in [5.74, 6) is 0. The summed E-state index contributed by atoms with van der Waals surface area (Å²) in [6.07, 6.45) is -1.36. The highest BCUT2D eigenvalue weighted by Crippen LogP contribution is 2.80. The molecule has 0 atom stereocenters. The highest BCUT2D eigenvalue weighted by atomic mass is 33.1. The minimum atomic E-state index is -3.66. The molecule has 0 heterocycles. The molecule has 21 heavy (non-hydrogen) atoms. The van der Waals surface area contributed by atoms with E-state index in [-0.39, 0.29) is 24.4 Å². The fourth-order valence-corrected chi connectivity index (χ4v) is 10.7. The van der Waals surface area contributed by atoms with Crippen LogP contribution in [0.5, 0.6) is 0 Å². The van der Waals surface area contributed by atoms with Crippen LogP contribution in [0.15, 0.2) is 0 Å². The fraction of sp³-hybridized carbons (Fsp3) is 1.00. The molecule has 0 N–H and O–H groups in total. The van der Waals surface area contributed by atoms with E-state index in [1.54, 1.807) is 55.4 Å². The van der Waals surface area contributed by atoms with Crippen LogP contribution in [0.1, 0.15) is 55.4 Å². The van der Waals surface area contributed by atoms with E-state index < -0.39 is 13.6 Å². The van der Waals surface area contributed by atoms with Gasteiger partial charge in [0.15, 0.2) is 0 Å². The molecule has 0 unspecified atom stereocenters. The Morgan fingerprint density at radius 2 is 0.762 bits per heavy atom. The first kappa shape index (κ1) is 21.6. The molecule has 0 amide bonds. The Balaban J connectivity index is 5.29. The molecule has 9 heteroatoms. The zero-order valence-corrected chi connectivity index (χ0v) is 16.7. The summed E-state index contributed by atoms with van der Waals surface area (Å²) in [6.45, 7) is 6.52. The second kappa shape index (κ2) is 9.07. The minimum absolute atomic E-state index is 0.339. The van der Waals surface area contributed by atoms with E-state index in [2.05, 4.69) is 0 Å². The van der Waals surface area contributed by atoms with Crippen molar-refractivity contribution in [1.29, 1.82) is 0 Å². The van der Waals surface area contributed by atoms with Crippen molar-refractivity contribution in [3.05, 3.63) is 0 Å². The van der Waals surface area contributed by atoms with Crippen LogP contribution < -0.4 is 0 Å². The van der Waals surface area contributed by atoms with Gasteiger partial charge in [0, 0.05) is 0 Å². The average molecular weight is 362 g/mol. The molecule has 0 bridgehead atoms. The van der Waals surface area contributed by atoms with Crippen molar-refractivity contribution in [2.75, 3.05) is 0 Å². The molecule has 0 aromatic rings. The molecular weight excluding hydrogens is 334 g/mol. The number of hydrogen-bond donors (Lipinski definition) is 0. The van der Waals surface area contributed by atoms with E-state index in [1.165, 1.54) is 0 Å². The average Bonchev–Trinajstić information content (AvgIpc) is 2.07. The SMILES string of the molecule is CC(C)OP(=O)(OC(C)C)SP(=O)(OC(C)C)OC(C)C. The van der Waals surface area contributed by atoms with Crippen molar-refractivity contribution >= 4 is 24.6 Å². The molecule has 128 valence electrons. The van der Waals surface area contributed by atoms with Gasteiger partial charge in [0.2, 0.25) is 0 Å². The zero-order chi connectivity index (χ0) is 16.8. The van der Waals surface area contributed by atoms with Gasteiger partial charge in [-0.15, -0.1) is 0 Å². The predicted octanol–water partition coefficient (Wildman–Crippen LogP) is 5.64. The van der Waals surface area contributed by atoms with E-state index in [0.29, 0.717) is 11.0 Å². The first-order valence-electron chi connectivity index (χ1n) is 7.02. The topological polar surface area (TPSA) is 71.1 Å². The largest absolute Gasteiger partial charge is 0.400 e. The van der Waals surface area contributed by atoms with Crippen molar-refractivity contribution in [2.45, 2.75) is 79.8 Å². The van der Waals surface area contributed by atoms with Gasteiger partial charge in [-0.3, -0.25) is 18.1 Å². The molecule has 0 saturated heterocycles. The van der Waals surface area contributed by atoms with Crippen LogP contribution in [0.4, 0.5) is 0 Å². The highest BCUT2D eigenvalue weighted by Gasteiger charge is 2.43. The molecule has 0 aromatic heterocycles. The van der Waals surface area contributed by atoms with Gasteiger partial charge >= 0.3 is 13.6 Å². The van der Waals surface area contributed by atoms with E-state index >= 15 is 0 Å². The molecule has 0 radical (unpaired) electrons. The number of hydrogen-bond acceptors (Lipinski definition) is 7. The van der Waals surface area contributed by atoms with Gasteiger partial charge in [-0.1, -0.05) is 0 Å². The Bertz CT molecular complexity index is 333. The van der Waals surface area contributed by atoms with Gasteiger partial charge in [-0.05, 0) is 55.4 Å². The second-order valence-corrected chi connectivity index (χ2v) is 13.0. The lowest BCUT2D eigenvalue weighted by atomic mass is 10.5. The van der Waals surface area contributed by atoms with Gasteiger partial charge in [0.25, 0.3) is 0 Å². The smallest absolute Gasteiger partial charge is 0.298 e. The van der Waals surface area contributed by atoms with Gasteiger partial charge in [-0.2, -0.15) is 0 Å². The summed E-state index contributed by atoms with van der Waals surface area (Å²) in [5, 5.41) is 0. The van der Waals surface area contributed by atoms with Gasteiger partial charge < -0.3 is 0 Å². The van der Waals surface area contributed by atoms with E-state index in [1.807, 2.05) is 0 Å². The van der Waals surface area contributed by atoms with Crippen molar-refractivity contribution in [1.82, 2.24) is 0 Å². The minimum Gasteiger partial charge on any atom is -0.298 e. The molecule has 0 saturated carbocycles. The van der Waals surface area contributed by atoms with Crippen molar-refractivity contribution < 1.29 is 27.2 Å². The van der Waals surface area contributed by atoms with E-state index in [0.717, 1.165) is 0 Å². The predicted molar refractivity (Wildman–Crippen MR) is 87.7 cm³/mol. The quantitative estimate of drug-likeness (QED) is 0.466. The fourth-order valence-electron chi connectivity index (χ4n) is 1.28. The van der Waals surface area contributed by atoms with Crippen LogP contribution in [0.2, 0.25) is 0 Å². The zero-order valence-electron chi connectivity index (χ0n) is 14.1. The molecule has 0 aliphatic heterocycles. The summed E-state index contributed by atoms with van der Waals surface area (Å²) in [5.41, 5.74) is 0. The Kier molecular flexibility index (Phi) is 9.35. The Morgan fingerprint density at radius 1 is 0.571 bits per heavy atom. The Hall–Kier alpha value is 0.650. The lowest BCUT2D eigenvalue weighted by molar-refractivity contribution is 0.152. The molecule has 0 aliphatic rings. The second-order valence-electron chi connectivity index (χ2n) is 5.59. The summed E-state index contributed by atoms with van der Waals surface area (Å²) >= 11 is 0.530. The summed E-state index contributed by atoms with van der Waals surface area (Å²) in [6, 6.07) is 0. The van der Waals surface area contributed by atoms with Crippen molar-refractivity contribution in [3.8, 4) is 0 Å². The van der Waals surface area contributed by atoms with Crippen molar-refractivity contribution in [2.24, 2.45) is 0 Å². The summed E-state index contributed by atoms with van der Waals surface area (Å²) < 4.78 is 47.1. The van der Waals surface area contributed by atoms with Crippen LogP contribution in [-0.4, -0.2) is 24.4 Å². The van der Waals surface area contributed by atoms with E-state index in [4.69, 9.17) is 18.1 Å². The maximum Gasteiger partial charge on any atom is 0.400 e. The molecule has 0 fully saturated rings. The molecule has 6 nitrogen and oxygen atoms in total. The first-order chi connectivity index (χ1) is 9.37. The number of rotatable bonds is 10. The van der Waals surface area contributed by atoms with Crippen LogP contribution in [0.3, 0.4) is 0 Å². The third-order valence-corrected chi connectivity index (χ3v) is 10.5. The molecular formula is C12H28O6P2S. The Morgan fingerprint density at radius 3 is 0.905 bits per heavy atom. The monoisotopic (exact) mass is 362 g/mol. The standard InChI is InChI=1S/C12H28O6P2S/c1-9(2)15-19(13,16-10(3)4)21-20(14,17-11(5)6)18-12(7)8/h9-12H,1-8H3. The lowest BCUT2D eigenvalue weighted by Crippen LogP contribution is -2.09. The van der Waals surface area contributed by atoms with Crippen LogP contribution in [0.25, 0.3) is 0 Å². The highest BCUT2D eigenvalue weighted by molar-refractivity contribution is 8.84. The van der Waals surface area contributed by atoms with E-state index in [9.17, 15) is 9.13 Å². The van der Waals surface area contributed by atoms with Gasteiger partial charge in [0.05, 0.1) is 35.4 Å². The maximum atomic E-state index is 12.8. The Labute approximate surface area is 132 Å². The van der Waals surface area contributed by atoms with Crippen LogP contribution in [0, 0.1) is 0 Å². The van der Waals surface area contributed by atoms with Crippen molar-refractivity contribution in [3.63, 3.8) is 0 Å². The normalized spacial score (nSPS) is 13.9. The third-order valence-electron chi connectivity index (χ3n) is 1.56. The first-order valence-corrected chi connectivity index (χ1v) is 12.1. The van der Waals surface area contributed by atoms with Crippen LogP contribution in [-0.2, 0) is 27.2 Å². The van der Waals surface area contributed by atoms with Gasteiger partial charge in [0.1, 0.15) is 0 Å². The lowest BCUT2D eigenvalue weighted by Gasteiger charge is -2.27. The maximum absolute atomic E-state index is 12.8. The molecule has 0 aliphatic carbocycles. The molecule has 0 rings (SSSR count). The van der Waals surface area contributed by atoms with Gasteiger partial charge in [-0.25, -0.2) is 9.13 Å². The summed E-state index contributed by atoms with van der Waals surface area (Å²) in [7, 11) is 0. The van der Waals surface area contributed by atoms with Crippen LogP contribution >= 0.6 is 24.6 Å². The summed E-state index contributed by atoms with van der Waals surface area (Å²) in [4.78, 5) is 0. The molecule has 0 aromatic carbocycles. The molecule has 0 spiro atoms.